The molecular weight excluding hydrogens is 304 g/mol. The Bertz CT molecular complexity index is 428. The van der Waals surface area contributed by atoms with Gasteiger partial charge in [0.15, 0.2) is 0 Å². The van der Waals surface area contributed by atoms with E-state index in [2.05, 4.69) is 41.5 Å². The predicted octanol–water partition coefficient (Wildman–Crippen LogP) is 5.76. The second-order valence-electron chi connectivity index (χ2n) is 10.4. The molecule has 2 spiro atoms. The molecular formula is C20H36O4. The van der Waals surface area contributed by atoms with E-state index in [0.29, 0.717) is 11.3 Å². The molecule has 0 N–H and O–H groups in total. The van der Waals surface area contributed by atoms with Crippen molar-refractivity contribution in [3.63, 3.8) is 0 Å². The van der Waals surface area contributed by atoms with E-state index in [1.54, 1.807) is 0 Å². The van der Waals surface area contributed by atoms with Crippen LogP contribution < -0.4 is 0 Å². The van der Waals surface area contributed by atoms with E-state index in [9.17, 15) is 0 Å². The molecule has 3 rings (SSSR count). The lowest BCUT2D eigenvalue weighted by molar-refractivity contribution is -0.672. The van der Waals surface area contributed by atoms with Crippen LogP contribution in [0, 0.1) is 22.7 Å². The zero-order valence-corrected chi connectivity index (χ0v) is 16.4. The lowest BCUT2D eigenvalue weighted by Gasteiger charge is -2.52. The molecule has 0 radical (unpaired) electrons. The highest BCUT2D eigenvalue weighted by Gasteiger charge is 2.57. The van der Waals surface area contributed by atoms with Crippen molar-refractivity contribution in [2.75, 3.05) is 0 Å². The molecule has 1 atom stereocenters. The van der Waals surface area contributed by atoms with Crippen molar-refractivity contribution in [1.29, 1.82) is 0 Å². The first-order valence-electron chi connectivity index (χ1n) is 9.80. The molecule has 1 aliphatic heterocycles. The van der Waals surface area contributed by atoms with Crippen LogP contribution in [-0.2, 0) is 19.6 Å². The smallest absolute Gasteiger partial charge is 0.195 e. The maximum Gasteiger partial charge on any atom is 0.237 e. The Labute approximate surface area is 147 Å². The Morgan fingerprint density at radius 1 is 0.667 bits per heavy atom. The van der Waals surface area contributed by atoms with Crippen molar-refractivity contribution in [2.24, 2.45) is 22.7 Å². The minimum absolute atomic E-state index is 0.0987. The fraction of sp³-hybridized carbons (Fsp3) is 1.00. The summed E-state index contributed by atoms with van der Waals surface area (Å²) in [6.45, 7) is 13.7. The van der Waals surface area contributed by atoms with Gasteiger partial charge >= 0.3 is 0 Å². The zero-order chi connectivity index (χ0) is 17.6. The zero-order valence-electron chi connectivity index (χ0n) is 16.4. The highest BCUT2D eigenvalue weighted by molar-refractivity contribution is 4.92. The molecule has 1 saturated heterocycles. The van der Waals surface area contributed by atoms with Gasteiger partial charge in [-0.2, -0.15) is 19.6 Å². The molecule has 2 saturated carbocycles. The van der Waals surface area contributed by atoms with E-state index < -0.39 is 11.6 Å². The minimum atomic E-state index is -0.734. The Balaban J connectivity index is 1.65. The maximum atomic E-state index is 6.01. The molecule has 4 nitrogen and oxygen atoms in total. The van der Waals surface area contributed by atoms with Crippen molar-refractivity contribution in [3.8, 4) is 0 Å². The van der Waals surface area contributed by atoms with Crippen LogP contribution in [0.2, 0.25) is 0 Å². The average molecular weight is 341 g/mol. The fourth-order valence-electron chi connectivity index (χ4n) is 4.82. The van der Waals surface area contributed by atoms with Crippen molar-refractivity contribution in [2.45, 2.75) is 104 Å². The molecule has 3 aliphatic rings. The first kappa shape index (κ1) is 18.6. The third kappa shape index (κ3) is 3.53. The third-order valence-electron chi connectivity index (χ3n) is 6.49. The quantitative estimate of drug-likeness (QED) is 0.525. The largest absolute Gasteiger partial charge is 0.237 e. The topological polar surface area (TPSA) is 36.9 Å². The molecule has 4 heteroatoms. The van der Waals surface area contributed by atoms with E-state index in [1.165, 1.54) is 6.42 Å². The first-order valence-corrected chi connectivity index (χ1v) is 9.80. The van der Waals surface area contributed by atoms with Crippen LogP contribution in [0.5, 0.6) is 0 Å². The monoisotopic (exact) mass is 340 g/mol. The van der Waals surface area contributed by atoms with E-state index >= 15 is 0 Å². The molecule has 2 aliphatic carbocycles. The lowest BCUT2D eigenvalue weighted by Crippen LogP contribution is -2.58. The maximum absolute atomic E-state index is 6.01. The number of hydrogen-bond acceptors (Lipinski definition) is 4. The molecule has 0 aromatic rings. The van der Waals surface area contributed by atoms with Crippen molar-refractivity contribution in [3.05, 3.63) is 0 Å². The fourth-order valence-corrected chi connectivity index (χ4v) is 4.82. The molecule has 24 heavy (non-hydrogen) atoms. The third-order valence-corrected chi connectivity index (χ3v) is 6.49. The van der Waals surface area contributed by atoms with Gasteiger partial charge in [-0.1, -0.05) is 48.0 Å². The molecule has 0 unspecified atom stereocenters. The Kier molecular flexibility index (Phi) is 4.83. The summed E-state index contributed by atoms with van der Waals surface area (Å²) in [5.74, 6) is -0.458. The van der Waals surface area contributed by atoms with Gasteiger partial charge in [0, 0.05) is 25.2 Å². The van der Waals surface area contributed by atoms with E-state index in [-0.39, 0.29) is 11.3 Å². The van der Waals surface area contributed by atoms with Crippen LogP contribution >= 0.6 is 0 Å². The van der Waals surface area contributed by atoms with Crippen LogP contribution in [0.3, 0.4) is 0 Å². The van der Waals surface area contributed by atoms with Gasteiger partial charge in [-0.25, -0.2) is 0 Å². The highest BCUT2D eigenvalue weighted by Crippen LogP contribution is 2.52. The van der Waals surface area contributed by atoms with Crippen molar-refractivity contribution >= 4 is 0 Å². The Morgan fingerprint density at radius 3 is 1.75 bits per heavy atom. The second kappa shape index (κ2) is 6.22. The standard InChI is InChI=1S/C20H36O4/c1-17(2,3)15-10-13-19(14-11-15)21-23-20(24-22-19)12-8-7-9-16(20)18(4,5)6/h15-16H,7-14H2,1-6H3/t15?,16-,19?,20?/m1/s1. The van der Waals surface area contributed by atoms with Crippen molar-refractivity contribution in [1.82, 2.24) is 0 Å². The van der Waals surface area contributed by atoms with Gasteiger partial charge in [-0.15, -0.1) is 0 Å². The van der Waals surface area contributed by atoms with E-state index in [0.717, 1.165) is 44.9 Å². The Morgan fingerprint density at radius 2 is 1.25 bits per heavy atom. The summed E-state index contributed by atoms with van der Waals surface area (Å²) in [6.07, 6.45) is 8.10. The lowest BCUT2D eigenvalue weighted by atomic mass is 9.68. The van der Waals surface area contributed by atoms with Crippen molar-refractivity contribution < 1.29 is 19.6 Å². The summed E-state index contributed by atoms with van der Waals surface area (Å²) in [4.78, 5) is 23.9. The molecule has 3 fully saturated rings. The molecule has 0 bridgehead atoms. The summed E-state index contributed by atoms with van der Waals surface area (Å²) in [6, 6.07) is 0. The molecule has 1 heterocycles. The summed E-state index contributed by atoms with van der Waals surface area (Å²) in [7, 11) is 0. The Hall–Kier alpha value is -0.160. The number of hydrogen-bond donors (Lipinski definition) is 0. The van der Waals surface area contributed by atoms with Gasteiger partial charge in [0.2, 0.25) is 11.6 Å². The predicted molar refractivity (Wildman–Crippen MR) is 92.6 cm³/mol. The molecule has 0 aromatic carbocycles. The van der Waals surface area contributed by atoms with Gasteiger partial charge < -0.3 is 0 Å². The summed E-state index contributed by atoms with van der Waals surface area (Å²) in [5.41, 5.74) is 0.432. The molecule has 140 valence electrons. The summed E-state index contributed by atoms with van der Waals surface area (Å²) < 4.78 is 0. The van der Waals surface area contributed by atoms with Crippen LogP contribution in [0.1, 0.15) is 92.9 Å². The van der Waals surface area contributed by atoms with Crippen LogP contribution in [0.15, 0.2) is 0 Å². The van der Waals surface area contributed by atoms with E-state index in [1.807, 2.05) is 0 Å². The van der Waals surface area contributed by atoms with Crippen LogP contribution in [-0.4, -0.2) is 11.6 Å². The van der Waals surface area contributed by atoms with Gasteiger partial charge in [0.05, 0.1) is 0 Å². The molecule has 0 amide bonds. The summed E-state index contributed by atoms with van der Waals surface area (Å²) >= 11 is 0. The number of rotatable bonds is 0. The van der Waals surface area contributed by atoms with E-state index in [4.69, 9.17) is 19.6 Å². The van der Waals surface area contributed by atoms with Gasteiger partial charge in [-0.05, 0) is 42.4 Å². The van der Waals surface area contributed by atoms with Gasteiger partial charge in [-0.3, -0.25) is 0 Å². The van der Waals surface area contributed by atoms with Gasteiger partial charge in [0.25, 0.3) is 0 Å². The SMILES string of the molecule is CC(C)(C)C1CCC2(CC1)OOC1(CCCC[C@@H]1C(C)(C)C)OO2. The average Bonchev–Trinajstić information content (AvgIpc) is 2.50. The van der Waals surface area contributed by atoms with Crippen LogP contribution in [0.4, 0.5) is 0 Å². The first-order chi connectivity index (χ1) is 11.1. The minimum Gasteiger partial charge on any atom is -0.195 e. The van der Waals surface area contributed by atoms with Crippen LogP contribution in [0.25, 0.3) is 0 Å². The highest BCUT2D eigenvalue weighted by atomic mass is 17.4. The summed E-state index contributed by atoms with van der Waals surface area (Å²) in [5, 5.41) is 0. The van der Waals surface area contributed by atoms with Gasteiger partial charge in [0.1, 0.15) is 0 Å². The normalized spacial score (nSPS) is 41.8. The molecule has 0 aromatic heterocycles. The second-order valence-corrected chi connectivity index (χ2v) is 10.4.